The van der Waals surface area contributed by atoms with Crippen LogP contribution in [0.2, 0.25) is 0 Å². The van der Waals surface area contributed by atoms with Gasteiger partial charge in [-0.15, -0.1) is 23.1 Å². The molecule has 1 unspecified atom stereocenters. The lowest BCUT2D eigenvalue weighted by atomic mass is 9.98. The lowest BCUT2D eigenvalue weighted by Crippen LogP contribution is -2.40. The Morgan fingerprint density at radius 2 is 2.12 bits per heavy atom. The van der Waals surface area contributed by atoms with Crippen molar-refractivity contribution < 1.29 is 9.72 Å². The molecule has 24 heavy (non-hydrogen) atoms. The molecule has 3 rings (SSSR count). The fourth-order valence-corrected chi connectivity index (χ4v) is 4.74. The van der Waals surface area contributed by atoms with Gasteiger partial charge < -0.3 is 4.90 Å². The highest BCUT2D eigenvalue weighted by Crippen LogP contribution is 2.35. The van der Waals surface area contributed by atoms with Crippen molar-refractivity contribution in [2.75, 3.05) is 12.3 Å². The Labute approximate surface area is 148 Å². The summed E-state index contributed by atoms with van der Waals surface area (Å²) in [5, 5.41) is 12.8. The molecule has 1 amide bonds. The van der Waals surface area contributed by atoms with Crippen molar-refractivity contribution in [1.29, 1.82) is 0 Å². The molecule has 0 aliphatic carbocycles. The normalized spacial score (nSPS) is 16.7. The first-order chi connectivity index (χ1) is 11.6. The van der Waals surface area contributed by atoms with Crippen LogP contribution in [0.25, 0.3) is 0 Å². The third kappa shape index (κ3) is 3.47. The van der Waals surface area contributed by atoms with Crippen molar-refractivity contribution in [2.24, 2.45) is 0 Å². The van der Waals surface area contributed by atoms with Crippen molar-refractivity contribution in [3.63, 3.8) is 0 Å². The van der Waals surface area contributed by atoms with Crippen molar-refractivity contribution in [3.05, 3.63) is 56.3 Å². The number of thioether (sulfide) groups is 1. The van der Waals surface area contributed by atoms with E-state index < -0.39 is 4.92 Å². The summed E-state index contributed by atoms with van der Waals surface area (Å²) < 4.78 is 0. The minimum atomic E-state index is -0.419. The number of carbonyl (C=O) groups is 1. The molecule has 2 aromatic rings. The third-order valence-corrected chi connectivity index (χ3v) is 6.21. The van der Waals surface area contributed by atoms with E-state index in [1.165, 1.54) is 34.3 Å². The van der Waals surface area contributed by atoms with Crippen LogP contribution in [-0.2, 0) is 11.2 Å². The zero-order chi connectivity index (χ0) is 17.1. The Morgan fingerprint density at radius 1 is 1.38 bits per heavy atom. The van der Waals surface area contributed by atoms with Gasteiger partial charge in [0.15, 0.2) is 0 Å². The van der Waals surface area contributed by atoms with Gasteiger partial charge in [-0.25, -0.2) is 0 Å². The Kier molecular flexibility index (Phi) is 5.20. The molecule has 0 spiro atoms. The molecule has 7 heteroatoms. The van der Waals surface area contributed by atoms with E-state index in [0.29, 0.717) is 5.75 Å². The number of hydrogen-bond acceptors (Lipinski definition) is 5. The van der Waals surface area contributed by atoms with Gasteiger partial charge in [-0.3, -0.25) is 14.9 Å². The number of nitro groups is 1. The van der Waals surface area contributed by atoms with E-state index >= 15 is 0 Å². The van der Waals surface area contributed by atoms with E-state index in [9.17, 15) is 14.9 Å². The van der Waals surface area contributed by atoms with E-state index in [0.717, 1.165) is 24.3 Å². The number of nitro benzene ring substituents is 1. The molecule has 0 bridgehead atoms. The van der Waals surface area contributed by atoms with Gasteiger partial charge in [0.1, 0.15) is 0 Å². The van der Waals surface area contributed by atoms with Crippen LogP contribution in [0, 0.1) is 10.1 Å². The van der Waals surface area contributed by atoms with E-state index in [1.54, 1.807) is 23.5 Å². The second-order valence-corrected chi connectivity index (χ2v) is 7.65. The van der Waals surface area contributed by atoms with Crippen LogP contribution in [0.1, 0.15) is 29.8 Å². The zero-order valence-corrected chi connectivity index (χ0v) is 14.9. The molecule has 5 nitrogen and oxygen atoms in total. The van der Waals surface area contributed by atoms with Crippen LogP contribution in [0.5, 0.6) is 0 Å². The SMILES string of the molecule is CCC1c2ccsc2CCN1C(=O)CSc1ccc([N+](=O)[O-])cc1. The average molecular weight is 362 g/mol. The summed E-state index contributed by atoms with van der Waals surface area (Å²) in [6, 6.07) is 8.64. The number of amides is 1. The summed E-state index contributed by atoms with van der Waals surface area (Å²) in [4.78, 5) is 27.1. The maximum absolute atomic E-state index is 12.6. The quantitative estimate of drug-likeness (QED) is 0.452. The smallest absolute Gasteiger partial charge is 0.269 e. The lowest BCUT2D eigenvalue weighted by Gasteiger charge is -2.35. The Balaban J connectivity index is 1.63. The Bertz CT molecular complexity index is 743. The van der Waals surface area contributed by atoms with Crippen molar-refractivity contribution in [1.82, 2.24) is 4.90 Å². The highest BCUT2D eigenvalue weighted by atomic mass is 32.2. The van der Waals surface area contributed by atoms with Crippen LogP contribution in [0.3, 0.4) is 0 Å². The van der Waals surface area contributed by atoms with Crippen LogP contribution >= 0.6 is 23.1 Å². The molecule has 126 valence electrons. The average Bonchev–Trinajstić information content (AvgIpc) is 3.07. The number of carbonyl (C=O) groups excluding carboxylic acids is 1. The monoisotopic (exact) mass is 362 g/mol. The number of nitrogens with zero attached hydrogens (tertiary/aromatic N) is 2. The standard InChI is InChI=1S/C17H18N2O3S2/c1-2-15-14-8-10-23-16(14)7-9-18(15)17(20)11-24-13-5-3-12(4-6-13)19(21)22/h3-6,8,10,15H,2,7,9,11H2,1H3. The van der Waals surface area contributed by atoms with Gasteiger partial charge in [0.2, 0.25) is 5.91 Å². The fourth-order valence-electron chi connectivity index (χ4n) is 3.03. The van der Waals surface area contributed by atoms with Gasteiger partial charge in [0.25, 0.3) is 5.69 Å². The Morgan fingerprint density at radius 3 is 2.79 bits per heavy atom. The van der Waals surface area contributed by atoms with E-state index in [2.05, 4.69) is 18.4 Å². The van der Waals surface area contributed by atoms with Crippen LogP contribution in [0.15, 0.2) is 40.6 Å². The summed E-state index contributed by atoms with van der Waals surface area (Å²) in [7, 11) is 0. The van der Waals surface area contributed by atoms with E-state index in [1.807, 2.05) is 4.90 Å². The molecule has 1 atom stereocenters. The molecule has 0 saturated heterocycles. The molecule has 0 saturated carbocycles. The first-order valence-electron chi connectivity index (χ1n) is 7.83. The molecule has 0 fully saturated rings. The topological polar surface area (TPSA) is 63.5 Å². The third-order valence-electron chi connectivity index (χ3n) is 4.21. The maximum atomic E-state index is 12.6. The molecule has 1 aromatic carbocycles. The number of fused-ring (bicyclic) bond motifs is 1. The molecule has 1 aliphatic heterocycles. The molecular formula is C17H18N2O3S2. The van der Waals surface area contributed by atoms with Gasteiger partial charge >= 0.3 is 0 Å². The largest absolute Gasteiger partial charge is 0.335 e. The predicted molar refractivity (Wildman–Crippen MR) is 96.6 cm³/mol. The van der Waals surface area contributed by atoms with Crippen molar-refractivity contribution >= 4 is 34.7 Å². The van der Waals surface area contributed by atoms with E-state index in [-0.39, 0.29) is 17.6 Å². The Hall–Kier alpha value is -1.86. The zero-order valence-electron chi connectivity index (χ0n) is 13.3. The molecule has 1 aliphatic rings. The highest BCUT2D eigenvalue weighted by Gasteiger charge is 2.30. The molecule has 0 radical (unpaired) electrons. The number of benzene rings is 1. The first-order valence-corrected chi connectivity index (χ1v) is 9.69. The van der Waals surface area contributed by atoms with Gasteiger partial charge in [-0.2, -0.15) is 0 Å². The number of thiophene rings is 1. The molecule has 0 N–H and O–H groups in total. The van der Waals surface area contributed by atoms with Crippen molar-refractivity contribution in [3.8, 4) is 0 Å². The fraction of sp³-hybridized carbons (Fsp3) is 0.353. The molecule has 2 heterocycles. The van der Waals surface area contributed by atoms with Gasteiger partial charge in [-0.05, 0) is 42.0 Å². The van der Waals surface area contributed by atoms with Crippen molar-refractivity contribution in [2.45, 2.75) is 30.7 Å². The highest BCUT2D eigenvalue weighted by molar-refractivity contribution is 8.00. The van der Waals surface area contributed by atoms with Crippen LogP contribution in [0.4, 0.5) is 5.69 Å². The summed E-state index contributed by atoms with van der Waals surface area (Å²) in [6.45, 7) is 2.88. The first kappa shape index (κ1) is 17.0. The van der Waals surface area contributed by atoms with Crippen LogP contribution in [-0.4, -0.2) is 28.0 Å². The second-order valence-electron chi connectivity index (χ2n) is 5.60. The minimum Gasteiger partial charge on any atom is -0.335 e. The summed E-state index contributed by atoms with van der Waals surface area (Å²) in [5.41, 5.74) is 1.36. The van der Waals surface area contributed by atoms with Gasteiger partial charge in [0.05, 0.1) is 16.7 Å². The predicted octanol–water partition coefficient (Wildman–Crippen LogP) is 4.28. The molecule has 1 aromatic heterocycles. The molecular weight excluding hydrogens is 344 g/mol. The number of hydrogen-bond donors (Lipinski definition) is 0. The van der Waals surface area contributed by atoms with Gasteiger partial charge in [0, 0.05) is 28.5 Å². The maximum Gasteiger partial charge on any atom is 0.269 e. The number of rotatable bonds is 5. The van der Waals surface area contributed by atoms with E-state index in [4.69, 9.17) is 0 Å². The summed E-state index contributed by atoms with van der Waals surface area (Å²) in [6.07, 6.45) is 1.84. The van der Waals surface area contributed by atoms with Crippen LogP contribution < -0.4 is 0 Å². The minimum absolute atomic E-state index is 0.0674. The summed E-state index contributed by atoms with van der Waals surface area (Å²) >= 11 is 3.20. The number of non-ortho nitro benzene ring substituents is 1. The summed E-state index contributed by atoms with van der Waals surface area (Å²) in [5.74, 6) is 0.482. The second kappa shape index (κ2) is 7.36. The lowest BCUT2D eigenvalue weighted by molar-refractivity contribution is -0.384. The van der Waals surface area contributed by atoms with Gasteiger partial charge in [-0.1, -0.05) is 6.92 Å².